The number of nitrogens with two attached hydrogens (primary N) is 1. The summed E-state index contributed by atoms with van der Waals surface area (Å²) in [5.41, 5.74) is 12.5. The van der Waals surface area contributed by atoms with E-state index in [-0.39, 0.29) is 17.3 Å². The molecule has 9 nitrogen and oxygen atoms in total. The van der Waals surface area contributed by atoms with Gasteiger partial charge in [-0.1, -0.05) is 0 Å². The second-order valence-corrected chi connectivity index (χ2v) is 4.29. The zero-order valence-electron chi connectivity index (χ0n) is 10.5. The van der Waals surface area contributed by atoms with Gasteiger partial charge in [0.05, 0.1) is 0 Å². The van der Waals surface area contributed by atoms with Crippen molar-refractivity contribution in [2.75, 3.05) is 7.05 Å². The normalized spacial score (nSPS) is 17.6. The Labute approximate surface area is 113 Å². The molecule has 0 spiro atoms. The van der Waals surface area contributed by atoms with E-state index in [4.69, 9.17) is 10.8 Å². The van der Waals surface area contributed by atoms with Gasteiger partial charge in [-0.05, 0) is 18.2 Å². The number of hydrogen-bond donors (Lipinski definition) is 5. The van der Waals surface area contributed by atoms with E-state index in [2.05, 4.69) is 16.0 Å². The van der Waals surface area contributed by atoms with E-state index in [0.717, 1.165) is 0 Å². The van der Waals surface area contributed by atoms with E-state index in [1.807, 2.05) is 0 Å². The summed E-state index contributed by atoms with van der Waals surface area (Å²) in [4.78, 5) is 11.1. The third kappa shape index (κ3) is 1.61. The number of carboxylic acids is 1. The Morgan fingerprint density at radius 1 is 1.45 bits per heavy atom. The van der Waals surface area contributed by atoms with E-state index in [0.29, 0.717) is 17.1 Å². The Morgan fingerprint density at radius 2 is 2.20 bits per heavy atom. The van der Waals surface area contributed by atoms with Crippen LogP contribution in [0.5, 0.6) is 5.75 Å². The number of carboxylic acid groups (broad SMARTS) is 1. The van der Waals surface area contributed by atoms with Crippen molar-refractivity contribution in [3.05, 3.63) is 35.1 Å². The number of fused-ring (bicyclic) bond motifs is 1. The second kappa shape index (κ2) is 4.03. The van der Waals surface area contributed by atoms with Gasteiger partial charge in [0.15, 0.2) is 5.82 Å². The molecule has 1 aromatic carbocycles. The summed E-state index contributed by atoms with van der Waals surface area (Å²) < 4.78 is 0. The molecule has 20 heavy (non-hydrogen) atoms. The first kappa shape index (κ1) is 12.1. The number of rotatable bonds is 2. The van der Waals surface area contributed by atoms with Gasteiger partial charge < -0.3 is 15.9 Å². The van der Waals surface area contributed by atoms with Crippen LogP contribution in [0.15, 0.2) is 29.1 Å². The lowest BCUT2D eigenvalue weighted by Crippen LogP contribution is -2.45. The molecule has 2 aliphatic rings. The molecule has 0 aliphatic carbocycles. The fraction of sp³-hybridized carbons (Fsp3) is 0.0909. The molecular formula is C11H12N6O3. The smallest absolute Gasteiger partial charge is 0.339 e. The molecule has 104 valence electrons. The van der Waals surface area contributed by atoms with Crippen molar-refractivity contribution in [2.24, 2.45) is 10.8 Å². The van der Waals surface area contributed by atoms with Crippen molar-refractivity contribution >= 4 is 17.6 Å². The monoisotopic (exact) mass is 276 g/mol. The first-order valence-electron chi connectivity index (χ1n) is 5.69. The van der Waals surface area contributed by atoms with Crippen molar-refractivity contribution in [3.63, 3.8) is 0 Å². The molecule has 6 N–H and O–H groups in total. The Bertz CT molecular complexity index is 668. The van der Waals surface area contributed by atoms with Crippen molar-refractivity contribution < 1.29 is 15.0 Å². The number of guanidine groups is 1. The molecule has 9 heteroatoms. The molecule has 0 unspecified atom stereocenters. The van der Waals surface area contributed by atoms with Crippen LogP contribution < -0.4 is 16.6 Å². The summed E-state index contributed by atoms with van der Waals surface area (Å²) >= 11 is 0. The van der Waals surface area contributed by atoms with Crippen LogP contribution in [0.1, 0.15) is 15.9 Å². The molecule has 0 atom stereocenters. The zero-order chi connectivity index (χ0) is 14.4. The predicted molar refractivity (Wildman–Crippen MR) is 69.5 cm³/mol. The van der Waals surface area contributed by atoms with Gasteiger partial charge in [0, 0.05) is 12.6 Å². The highest BCUT2D eigenvalue weighted by molar-refractivity contribution is 5.92. The van der Waals surface area contributed by atoms with Crippen LogP contribution in [-0.4, -0.2) is 39.3 Å². The molecule has 0 saturated heterocycles. The summed E-state index contributed by atoms with van der Waals surface area (Å²) in [7, 11) is 1.74. The Morgan fingerprint density at radius 3 is 2.90 bits per heavy atom. The van der Waals surface area contributed by atoms with Crippen molar-refractivity contribution in [1.82, 2.24) is 21.0 Å². The minimum absolute atomic E-state index is 0.176. The summed E-state index contributed by atoms with van der Waals surface area (Å²) in [6.45, 7) is 0. The molecule has 2 aliphatic heterocycles. The van der Waals surface area contributed by atoms with Crippen LogP contribution in [0.4, 0.5) is 0 Å². The van der Waals surface area contributed by atoms with Gasteiger partial charge in [0.25, 0.3) is 0 Å². The maximum absolute atomic E-state index is 11.1. The molecule has 0 aromatic heterocycles. The van der Waals surface area contributed by atoms with Gasteiger partial charge in [-0.2, -0.15) is 0 Å². The van der Waals surface area contributed by atoms with E-state index in [9.17, 15) is 9.90 Å². The van der Waals surface area contributed by atoms with Crippen LogP contribution in [0.3, 0.4) is 0 Å². The minimum atomic E-state index is -1.20. The highest BCUT2D eigenvalue weighted by Gasteiger charge is 2.34. The third-order valence-electron chi connectivity index (χ3n) is 3.03. The number of carbonyl (C=O) groups is 1. The average Bonchev–Trinajstić information content (AvgIpc) is 2.92. The number of hydrazine groups is 2. The third-order valence-corrected chi connectivity index (χ3v) is 3.03. The zero-order valence-corrected chi connectivity index (χ0v) is 10.5. The lowest BCUT2D eigenvalue weighted by Gasteiger charge is -2.20. The van der Waals surface area contributed by atoms with Gasteiger partial charge in [-0.15, -0.1) is 10.2 Å². The van der Waals surface area contributed by atoms with Gasteiger partial charge >= 0.3 is 5.97 Å². The number of nitrogens with one attached hydrogen (secondary N) is 2. The van der Waals surface area contributed by atoms with Crippen LogP contribution in [-0.2, 0) is 0 Å². The van der Waals surface area contributed by atoms with Gasteiger partial charge in [-0.3, -0.25) is 10.9 Å². The number of aromatic carboxylic acids is 1. The standard InChI is InChI=1S/C11H12N6O3/c1-16-15-8(9-13-14-11(12)17(9)16)5-2-3-7(18)6(4-5)10(19)20/h2-4,13,15,18H,1H3,(H2,12,14)(H,19,20). The molecule has 0 amide bonds. The molecule has 0 fully saturated rings. The average molecular weight is 276 g/mol. The summed E-state index contributed by atoms with van der Waals surface area (Å²) in [6, 6.07) is 4.31. The molecule has 0 radical (unpaired) electrons. The first-order valence-corrected chi connectivity index (χ1v) is 5.69. The first-order chi connectivity index (χ1) is 9.49. The van der Waals surface area contributed by atoms with Gasteiger partial charge in [0.2, 0.25) is 5.96 Å². The van der Waals surface area contributed by atoms with Gasteiger partial charge in [-0.25, -0.2) is 9.80 Å². The number of nitrogens with zero attached hydrogens (tertiary/aromatic N) is 3. The molecule has 1 aromatic rings. The van der Waals surface area contributed by atoms with E-state index < -0.39 is 5.97 Å². The van der Waals surface area contributed by atoms with E-state index >= 15 is 0 Å². The highest BCUT2D eigenvalue weighted by atomic mass is 16.4. The Kier molecular flexibility index (Phi) is 2.44. The summed E-state index contributed by atoms with van der Waals surface area (Å²) in [5.74, 6) is -0.632. The van der Waals surface area contributed by atoms with Crippen molar-refractivity contribution in [1.29, 1.82) is 0 Å². The Balaban J connectivity index is 2.07. The SMILES string of the molecule is CN1NC(c2ccc(O)c(C(=O)O)c2)=C2NN=C(N)N21. The van der Waals surface area contributed by atoms with Crippen LogP contribution in [0.25, 0.3) is 5.70 Å². The fourth-order valence-corrected chi connectivity index (χ4v) is 2.11. The quantitative estimate of drug-likeness (QED) is 0.476. The second-order valence-electron chi connectivity index (χ2n) is 4.29. The van der Waals surface area contributed by atoms with Crippen molar-refractivity contribution in [2.45, 2.75) is 0 Å². The number of benzene rings is 1. The lowest BCUT2D eigenvalue weighted by molar-refractivity contribution is 0.0693. The number of aromatic hydroxyl groups is 1. The summed E-state index contributed by atoms with van der Waals surface area (Å²) in [5, 5.41) is 25.7. The van der Waals surface area contributed by atoms with Crippen molar-refractivity contribution in [3.8, 4) is 5.75 Å². The highest BCUT2D eigenvalue weighted by Crippen LogP contribution is 2.29. The van der Waals surface area contributed by atoms with E-state index in [1.54, 1.807) is 23.2 Å². The molecule has 0 bridgehead atoms. The number of phenols is 1. The maximum atomic E-state index is 11.1. The lowest BCUT2D eigenvalue weighted by atomic mass is 10.1. The van der Waals surface area contributed by atoms with Crippen LogP contribution in [0.2, 0.25) is 0 Å². The topological polar surface area (TPSA) is 126 Å². The molecular weight excluding hydrogens is 264 g/mol. The largest absolute Gasteiger partial charge is 0.507 e. The number of hydrogen-bond acceptors (Lipinski definition) is 8. The minimum Gasteiger partial charge on any atom is -0.507 e. The molecule has 0 saturated carbocycles. The van der Waals surface area contributed by atoms with Gasteiger partial charge in [0.1, 0.15) is 17.0 Å². The summed E-state index contributed by atoms with van der Waals surface area (Å²) in [6.07, 6.45) is 0. The number of hydrazone groups is 1. The predicted octanol–water partition coefficient (Wildman–Crippen LogP) is -0.784. The maximum Gasteiger partial charge on any atom is 0.339 e. The van der Waals surface area contributed by atoms with E-state index in [1.165, 1.54) is 12.1 Å². The molecule has 2 heterocycles. The van der Waals surface area contributed by atoms with Crippen LogP contribution >= 0.6 is 0 Å². The Hall–Kier alpha value is -2.94. The fourth-order valence-electron chi connectivity index (χ4n) is 2.11. The van der Waals surface area contributed by atoms with Crippen LogP contribution in [0, 0.1) is 0 Å². The molecule has 3 rings (SSSR count).